The Morgan fingerprint density at radius 3 is 2.50 bits per heavy atom. The smallest absolute Gasteiger partial charge is 0.243 e. The summed E-state index contributed by atoms with van der Waals surface area (Å²) >= 11 is 1.68. The van der Waals surface area contributed by atoms with Crippen molar-refractivity contribution in [2.24, 2.45) is 5.92 Å². The number of hydrogen-bond donors (Lipinski definition) is 1. The van der Waals surface area contributed by atoms with Gasteiger partial charge in [-0.1, -0.05) is 12.8 Å². The maximum absolute atomic E-state index is 12.6. The van der Waals surface area contributed by atoms with Crippen molar-refractivity contribution in [3.05, 3.63) is 0 Å². The van der Waals surface area contributed by atoms with Gasteiger partial charge in [-0.15, -0.1) is 11.8 Å². The summed E-state index contributed by atoms with van der Waals surface area (Å²) in [6.45, 7) is 4.78. The summed E-state index contributed by atoms with van der Waals surface area (Å²) in [5, 5.41) is 3.03. The monoisotopic (exact) mass is 327 g/mol. The fourth-order valence-electron chi connectivity index (χ4n) is 2.86. The topological polar surface area (TPSA) is 52.7 Å². The molecule has 0 bridgehead atoms. The summed E-state index contributed by atoms with van der Waals surface area (Å²) in [5.74, 6) is 1.70. The third-order valence-electron chi connectivity index (χ3n) is 5.08. The first-order valence-corrected chi connectivity index (χ1v) is 9.32. The van der Waals surface area contributed by atoms with Gasteiger partial charge in [-0.25, -0.2) is 0 Å². The highest BCUT2D eigenvalue weighted by atomic mass is 32.2. The van der Waals surface area contributed by atoms with E-state index < -0.39 is 0 Å². The van der Waals surface area contributed by atoms with Gasteiger partial charge in [0.2, 0.25) is 11.8 Å². The predicted octanol–water partition coefficient (Wildman–Crippen LogP) is 1.53. The molecule has 1 aliphatic carbocycles. The van der Waals surface area contributed by atoms with Crippen LogP contribution in [0.25, 0.3) is 0 Å². The second kappa shape index (κ2) is 7.21. The lowest BCUT2D eigenvalue weighted by Gasteiger charge is -2.33. The summed E-state index contributed by atoms with van der Waals surface area (Å²) in [6.07, 6.45) is 4.26. The number of likely N-dealkylation sites (N-methyl/N-ethyl adjacent to an activating group) is 1. The highest BCUT2D eigenvalue weighted by molar-refractivity contribution is 7.99. The molecular weight excluding hydrogens is 298 g/mol. The predicted molar refractivity (Wildman–Crippen MR) is 90.7 cm³/mol. The van der Waals surface area contributed by atoms with Gasteiger partial charge < -0.3 is 15.1 Å². The molecule has 22 heavy (non-hydrogen) atoms. The van der Waals surface area contributed by atoms with Crippen LogP contribution in [0.1, 0.15) is 39.5 Å². The SMILES string of the molecule is CN(C)C(C)(C)CNC(=O)C1CSCN1C(=O)C1CCCC1. The lowest BCUT2D eigenvalue weighted by Crippen LogP contribution is -2.53. The van der Waals surface area contributed by atoms with E-state index in [1.165, 1.54) is 0 Å². The van der Waals surface area contributed by atoms with Crippen LogP contribution in [0.4, 0.5) is 0 Å². The molecule has 1 atom stereocenters. The first kappa shape index (κ1) is 17.6. The summed E-state index contributed by atoms with van der Waals surface area (Å²) in [7, 11) is 4.01. The van der Waals surface area contributed by atoms with Crippen LogP contribution in [0.3, 0.4) is 0 Å². The summed E-state index contributed by atoms with van der Waals surface area (Å²) in [6, 6.07) is -0.295. The minimum absolute atomic E-state index is 0.00808. The molecule has 126 valence electrons. The van der Waals surface area contributed by atoms with E-state index in [9.17, 15) is 9.59 Å². The summed E-state index contributed by atoms with van der Waals surface area (Å²) < 4.78 is 0. The molecule has 2 rings (SSSR count). The fraction of sp³-hybridized carbons (Fsp3) is 0.875. The van der Waals surface area contributed by atoms with Gasteiger partial charge in [0.15, 0.2) is 0 Å². The highest BCUT2D eigenvalue weighted by Crippen LogP contribution is 2.30. The largest absolute Gasteiger partial charge is 0.352 e. The average Bonchev–Trinajstić information content (AvgIpc) is 3.14. The van der Waals surface area contributed by atoms with Gasteiger partial charge in [-0.05, 0) is 40.8 Å². The average molecular weight is 327 g/mol. The molecule has 0 radical (unpaired) electrons. The molecule has 6 heteroatoms. The maximum Gasteiger partial charge on any atom is 0.243 e. The molecule has 0 spiro atoms. The second-order valence-electron chi connectivity index (χ2n) is 7.23. The summed E-state index contributed by atoms with van der Waals surface area (Å²) in [5.41, 5.74) is -0.0955. The van der Waals surface area contributed by atoms with Crippen molar-refractivity contribution in [2.45, 2.75) is 51.1 Å². The molecule has 0 aromatic heterocycles. The number of nitrogens with zero attached hydrogens (tertiary/aromatic N) is 2. The zero-order valence-electron chi connectivity index (χ0n) is 14.2. The highest BCUT2D eigenvalue weighted by Gasteiger charge is 2.38. The van der Waals surface area contributed by atoms with Crippen LogP contribution >= 0.6 is 11.8 Å². The van der Waals surface area contributed by atoms with E-state index in [1.54, 1.807) is 16.7 Å². The second-order valence-corrected chi connectivity index (χ2v) is 8.23. The molecule has 0 aromatic rings. The number of carbonyl (C=O) groups is 2. The van der Waals surface area contributed by atoms with Crippen LogP contribution in [0.5, 0.6) is 0 Å². The molecule has 1 saturated heterocycles. The van der Waals surface area contributed by atoms with Gasteiger partial charge in [0.1, 0.15) is 6.04 Å². The van der Waals surface area contributed by atoms with Gasteiger partial charge in [0, 0.05) is 23.8 Å². The lowest BCUT2D eigenvalue weighted by molar-refractivity contribution is -0.141. The number of thioether (sulfide) groups is 1. The van der Waals surface area contributed by atoms with Gasteiger partial charge >= 0.3 is 0 Å². The molecule has 2 amide bonds. The van der Waals surface area contributed by atoms with Gasteiger partial charge in [-0.2, -0.15) is 0 Å². The zero-order valence-corrected chi connectivity index (χ0v) is 15.0. The molecule has 1 heterocycles. The van der Waals surface area contributed by atoms with Gasteiger partial charge in [0.05, 0.1) is 5.88 Å². The standard InChI is InChI=1S/C16H29N3O2S/c1-16(2,18(3)4)10-17-14(20)13-9-22-11-19(13)15(21)12-7-5-6-8-12/h12-13H,5-11H2,1-4H3,(H,17,20). The summed E-state index contributed by atoms with van der Waals surface area (Å²) in [4.78, 5) is 29.0. The van der Waals surface area contributed by atoms with E-state index >= 15 is 0 Å². The Kier molecular flexibility index (Phi) is 5.77. The third kappa shape index (κ3) is 3.96. The molecule has 1 aliphatic heterocycles. The molecule has 0 aromatic carbocycles. The molecule has 1 saturated carbocycles. The Morgan fingerprint density at radius 2 is 1.91 bits per heavy atom. The normalized spacial score (nSPS) is 23.3. The Labute approximate surface area is 138 Å². The van der Waals surface area contributed by atoms with Crippen molar-refractivity contribution in [3.8, 4) is 0 Å². The van der Waals surface area contributed by atoms with Gasteiger partial charge in [-0.3, -0.25) is 9.59 Å². The first-order valence-electron chi connectivity index (χ1n) is 8.16. The van der Waals surface area contributed by atoms with Crippen molar-refractivity contribution < 1.29 is 9.59 Å². The third-order valence-corrected chi connectivity index (χ3v) is 6.09. The number of amides is 2. The maximum atomic E-state index is 12.6. The number of carbonyl (C=O) groups excluding carboxylic acids is 2. The Bertz CT molecular complexity index is 420. The zero-order chi connectivity index (χ0) is 16.3. The molecule has 5 nitrogen and oxygen atoms in total. The number of rotatable bonds is 5. The van der Waals surface area contributed by atoms with E-state index in [0.717, 1.165) is 25.7 Å². The van der Waals surface area contributed by atoms with E-state index in [0.29, 0.717) is 18.2 Å². The quantitative estimate of drug-likeness (QED) is 0.832. The number of hydrogen-bond acceptors (Lipinski definition) is 4. The Balaban J connectivity index is 1.92. The molecule has 2 fully saturated rings. The van der Waals surface area contributed by atoms with Crippen molar-refractivity contribution in [3.63, 3.8) is 0 Å². The Morgan fingerprint density at radius 1 is 1.27 bits per heavy atom. The van der Waals surface area contributed by atoms with E-state index in [-0.39, 0.29) is 29.3 Å². The van der Waals surface area contributed by atoms with E-state index in [2.05, 4.69) is 24.1 Å². The van der Waals surface area contributed by atoms with Gasteiger partial charge in [0.25, 0.3) is 0 Å². The van der Waals surface area contributed by atoms with Crippen LogP contribution in [0.15, 0.2) is 0 Å². The van der Waals surface area contributed by atoms with E-state index in [4.69, 9.17) is 0 Å². The molecule has 2 aliphatic rings. The van der Waals surface area contributed by atoms with Crippen molar-refractivity contribution >= 4 is 23.6 Å². The minimum atomic E-state index is -0.295. The van der Waals surface area contributed by atoms with Crippen LogP contribution in [0, 0.1) is 5.92 Å². The van der Waals surface area contributed by atoms with Crippen LogP contribution in [0.2, 0.25) is 0 Å². The number of nitrogens with one attached hydrogen (secondary N) is 1. The lowest BCUT2D eigenvalue weighted by atomic mass is 10.0. The first-order chi connectivity index (χ1) is 10.3. The van der Waals surface area contributed by atoms with Crippen LogP contribution in [-0.2, 0) is 9.59 Å². The Hall–Kier alpha value is -0.750. The van der Waals surface area contributed by atoms with Crippen LogP contribution < -0.4 is 5.32 Å². The van der Waals surface area contributed by atoms with Crippen LogP contribution in [-0.4, -0.2) is 65.5 Å². The van der Waals surface area contributed by atoms with Crippen molar-refractivity contribution in [2.75, 3.05) is 32.3 Å². The van der Waals surface area contributed by atoms with E-state index in [1.807, 2.05) is 14.1 Å². The molecular formula is C16H29N3O2S. The minimum Gasteiger partial charge on any atom is -0.352 e. The molecule has 1 N–H and O–H groups in total. The fourth-order valence-corrected chi connectivity index (χ4v) is 4.03. The van der Waals surface area contributed by atoms with Crippen molar-refractivity contribution in [1.29, 1.82) is 0 Å². The van der Waals surface area contributed by atoms with Crippen molar-refractivity contribution in [1.82, 2.24) is 15.1 Å². The molecule has 1 unspecified atom stereocenters.